The first kappa shape index (κ1) is 15.3. The molecule has 0 bridgehead atoms. The van der Waals surface area contributed by atoms with Crippen LogP contribution in [0.15, 0.2) is 0 Å². The number of hydrogen-bond donors (Lipinski definition) is 1. The fraction of sp³-hybridized carbons (Fsp3) is 1.00. The average Bonchev–Trinajstić information content (AvgIpc) is 2.97. The van der Waals surface area contributed by atoms with E-state index < -0.39 is 0 Å². The van der Waals surface area contributed by atoms with E-state index in [0.717, 1.165) is 6.61 Å². The average molecular weight is 269 g/mol. The van der Waals surface area contributed by atoms with E-state index in [1.807, 2.05) is 7.11 Å². The zero-order chi connectivity index (χ0) is 13.6. The van der Waals surface area contributed by atoms with Crippen LogP contribution in [0.5, 0.6) is 0 Å². The molecule has 1 saturated heterocycles. The summed E-state index contributed by atoms with van der Waals surface area (Å²) >= 11 is 0. The minimum Gasteiger partial charge on any atom is -0.378 e. The third kappa shape index (κ3) is 3.93. The molecule has 2 fully saturated rings. The van der Waals surface area contributed by atoms with Crippen molar-refractivity contribution in [1.82, 2.24) is 5.32 Å². The van der Waals surface area contributed by atoms with Crippen molar-refractivity contribution in [2.75, 3.05) is 20.8 Å². The van der Waals surface area contributed by atoms with Crippen molar-refractivity contribution >= 4 is 0 Å². The molecular formula is C16H31NO2. The summed E-state index contributed by atoms with van der Waals surface area (Å²) in [6, 6.07) is 0.499. The van der Waals surface area contributed by atoms with Crippen molar-refractivity contribution in [2.45, 2.75) is 82.0 Å². The van der Waals surface area contributed by atoms with Crippen LogP contribution in [0, 0.1) is 0 Å². The maximum Gasteiger partial charge on any atom is 0.0830 e. The topological polar surface area (TPSA) is 30.5 Å². The van der Waals surface area contributed by atoms with Crippen LogP contribution in [0.3, 0.4) is 0 Å². The summed E-state index contributed by atoms with van der Waals surface area (Å²) < 4.78 is 11.7. The predicted molar refractivity (Wildman–Crippen MR) is 78.5 cm³/mol. The summed E-state index contributed by atoms with van der Waals surface area (Å²) in [7, 11) is 3.99. The molecule has 1 saturated carbocycles. The molecule has 2 aliphatic rings. The van der Waals surface area contributed by atoms with E-state index in [1.54, 1.807) is 0 Å². The van der Waals surface area contributed by atoms with E-state index in [4.69, 9.17) is 9.47 Å². The Morgan fingerprint density at radius 3 is 2.63 bits per heavy atom. The van der Waals surface area contributed by atoms with Crippen molar-refractivity contribution in [3.63, 3.8) is 0 Å². The summed E-state index contributed by atoms with van der Waals surface area (Å²) in [5.41, 5.74) is 0.0868. The van der Waals surface area contributed by atoms with Gasteiger partial charge in [-0.2, -0.15) is 0 Å². The Morgan fingerprint density at radius 1 is 1.26 bits per heavy atom. The SMILES string of the molecule is CNC(CCCC1CCCO1)C1(OC)CCCCC1. The molecule has 1 heterocycles. The van der Waals surface area contributed by atoms with Crippen molar-refractivity contribution in [1.29, 1.82) is 0 Å². The van der Waals surface area contributed by atoms with Crippen molar-refractivity contribution in [2.24, 2.45) is 0 Å². The van der Waals surface area contributed by atoms with E-state index in [9.17, 15) is 0 Å². The Labute approximate surface area is 118 Å². The highest BCUT2D eigenvalue weighted by molar-refractivity contribution is 4.94. The first-order chi connectivity index (χ1) is 9.30. The fourth-order valence-corrected chi connectivity index (χ4v) is 3.94. The van der Waals surface area contributed by atoms with Gasteiger partial charge in [0.25, 0.3) is 0 Å². The lowest BCUT2D eigenvalue weighted by Gasteiger charge is -2.42. The Morgan fingerprint density at radius 2 is 2.05 bits per heavy atom. The number of rotatable bonds is 7. The van der Waals surface area contributed by atoms with Gasteiger partial charge in [-0.25, -0.2) is 0 Å². The second-order valence-electron chi connectivity index (χ2n) is 6.24. The van der Waals surface area contributed by atoms with Crippen LogP contribution in [0.1, 0.15) is 64.2 Å². The second-order valence-corrected chi connectivity index (χ2v) is 6.24. The predicted octanol–water partition coefficient (Wildman–Crippen LogP) is 3.27. The van der Waals surface area contributed by atoms with Gasteiger partial charge in [-0.05, 0) is 52.0 Å². The lowest BCUT2D eigenvalue weighted by molar-refractivity contribution is -0.0685. The van der Waals surface area contributed by atoms with Gasteiger partial charge < -0.3 is 14.8 Å². The van der Waals surface area contributed by atoms with Crippen molar-refractivity contribution in [3.8, 4) is 0 Å². The van der Waals surface area contributed by atoms with Gasteiger partial charge in [0.15, 0.2) is 0 Å². The maximum absolute atomic E-state index is 5.96. The number of likely N-dealkylation sites (N-methyl/N-ethyl adjacent to an activating group) is 1. The monoisotopic (exact) mass is 269 g/mol. The molecule has 0 aromatic carbocycles. The lowest BCUT2D eigenvalue weighted by Crippen LogP contribution is -2.52. The smallest absolute Gasteiger partial charge is 0.0830 e. The first-order valence-electron chi connectivity index (χ1n) is 8.15. The Kier molecular flexibility index (Phi) is 6.11. The molecule has 3 heteroatoms. The molecule has 112 valence electrons. The molecule has 0 aromatic heterocycles. The van der Waals surface area contributed by atoms with Crippen LogP contribution in [0.2, 0.25) is 0 Å². The molecule has 0 spiro atoms. The number of hydrogen-bond acceptors (Lipinski definition) is 3. The van der Waals surface area contributed by atoms with Gasteiger partial charge in [-0.3, -0.25) is 0 Å². The Balaban J connectivity index is 1.79. The molecular weight excluding hydrogens is 238 g/mol. The fourth-order valence-electron chi connectivity index (χ4n) is 3.94. The molecule has 0 radical (unpaired) electrons. The summed E-state index contributed by atoms with van der Waals surface area (Å²) in [6.07, 6.45) is 13.2. The first-order valence-corrected chi connectivity index (χ1v) is 8.15. The zero-order valence-corrected chi connectivity index (χ0v) is 12.7. The largest absolute Gasteiger partial charge is 0.378 e. The zero-order valence-electron chi connectivity index (χ0n) is 12.7. The van der Waals surface area contributed by atoms with E-state index in [-0.39, 0.29) is 5.60 Å². The molecule has 3 nitrogen and oxygen atoms in total. The van der Waals surface area contributed by atoms with Crippen LogP contribution in [0.25, 0.3) is 0 Å². The van der Waals surface area contributed by atoms with Crippen LogP contribution >= 0.6 is 0 Å². The highest BCUT2D eigenvalue weighted by atomic mass is 16.5. The highest BCUT2D eigenvalue weighted by Crippen LogP contribution is 2.36. The van der Waals surface area contributed by atoms with Crippen molar-refractivity contribution in [3.05, 3.63) is 0 Å². The Hall–Kier alpha value is -0.120. The van der Waals surface area contributed by atoms with E-state index >= 15 is 0 Å². The van der Waals surface area contributed by atoms with Gasteiger partial charge in [0, 0.05) is 19.8 Å². The minimum absolute atomic E-state index is 0.0868. The van der Waals surface area contributed by atoms with Gasteiger partial charge in [0.05, 0.1) is 11.7 Å². The lowest BCUT2D eigenvalue weighted by atomic mass is 9.77. The molecule has 2 rings (SSSR count). The van der Waals surface area contributed by atoms with E-state index in [1.165, 1.54) is 64.2 Å². The molecule has 1 aliphatic carbocycles. The maximum atomic E-state index is 5.96. The van der Waals surface area contributed by atoms with Crippen LogP contribution in [-0.2, 0) is 9.47 Å². The number of ether oxygens (including phenoxy) is 2. The molecule has 0 aromatic rings. The second kappa shape index (κ2) is 7.61. The molecule has 1 aliphatic heterocycles. The highest BCUT2D eigenvalue weighted by Gasteiger charge is 2.38. The van der Waals surface area contributed by atoms with Crippen LogP contribution in [-0.4, -0.2) is 38.5 Å². The Bertz CT molecular complexity index is 245. The van der Waals surface area contributed by atoms with Crippen molar-refractivity contribution < 1.29 is 9.47 Å². The summed E-state index contributed by atoms with van der Waals surface area (Å²) in [4.78, 5) is 0. The van der Waals surface area contributed by atoms with Gasteiger partial charge in [0.1, 0.15) is 0 Å². The molecule has 19 heavy (non-hydrogen) atoms. The number of methoxy groups -OCH3 is 1. The molecule has 1 N–H and O–H groups in total. The van der Waals surface area contributed by atoms with E-state index in [0.29, 0.717) is 12.1 Å². The summed E-state index contributed by atoms with van der Waals surface area (Å²) in [6.45, 7) is 0.974. The molecule has 2 unspecified atom stereocenters. The quantitative estimate of drug-likeness (QED) is 0.769. The molecule has 0 amide bonds. The normalized spacial score (nSPS) is 28.4. The minimum atomic E-state index is 0.0868. The van der Waals surface area contributed by atoms with Gasteiger partial charge >= 0.3 is 0 Å². The van der Waals surface area contributed by atoms with Crippen LogP contribution in [0.4, 0.5) is 0 Å². The third-order valence-corrected chi connectivity index (χ3v) is 5.13. The standard InChI is InChI=1S/C16H31NO2/c1-17-15(10-6-8-14-9-7-13-19-14)16(18-2)11-4-3-5-12-16/h14-15,17H,3-13H2,1-2H3. The summed E-state index contributed by atoms with van der Waals surface area (Å²) in [5.74, 6) is 0. The molecule has 2 atom stereocenters. The van der Waals surface area contributed by atoms with Gasteiger partial charge in [-0.15, -0.1) is 0 Å². The van der Waals surface area contributed by atoms with Gasteiger partial charge in [0.2, 0.25) is 0 Å². The number of nitrogens with one attached hydrogen (secondary N) is 1. The van der Waals surface area contributed by atoms with Crippen LogP contribution < -0.4 is 5.32 Å². The summed E-state index contributed by atoms with van der Waals surface area (Å²) in [5, 5.41) is 3.52. The van der Waals surface area contributed by atoms with E-state index in [2.05, 4.69) is 12.4 Å². The third-order valence-electron chi connectivity index (χ3n) is 5.13. The van der Waals surface area contributed by atoms with Gasteiger partial charge in [-0.1, -0.05) is 19.3 Å².